The lowest BCUT2D eigenvalue weighted by Crippen LogP contribution is -2.54. The van der Waals surface area contributed by atoms with Crippen molar-refractivity contribution < 1.29 is 28.6 Å². The van der Waals surface area contributed by atoms with E-state index in [0.717, 1.165) is 62.3 Å². The predicted molar refractivity (Wildman–Crippen MR) is 131 cm³/mol. The Balaban J connectivity index is 1.14. The Hall–Kier alpha value is -3.97. The number of hydrogen-bond donors (Lipinski definition) is 2. The number of nitrogens with zero attached hydrogens (tertiary/aromatic N) is 3. The van der Waals surface area contributed by atoms with Crippen LogP contribution in [0.4, 0.5) is 0 Å². The number of hydrogen-bond acceptors (Lipinski definition) is 6. The Bertz CT molecular complexity index is 1270. The molecule has 2 N–H and O–H groups in total. The summed E-state index contributed by atoms with van der Waals surface area (Å²) < 4.78 is 8.24. The number of carbonyl (C=O) groups is 4. The van der Waals surface area contributed by atoms with Gasteiger partial charge < -0.3 is 9.64 Å². The summed E-state index contributed by atoms with van der Waals surface area (Å²) in [6.07, 6.45) is 13.1. The molecule has 0 saturated carbocycles. The van der Waals surface area contributed by atoms with E-state index < -0.39 is 29.7 Å². The minimum atomic E-state index is -0.990. The Morgan fingerprint density at radius 3 is 2.62 bits per heavy atom. The number of aromatic nitrogens is 2. The van der Waals surface area contributed by atoms with Gasteiger partial charge in [-0.15, -0.1) is 11.1 Å². The van der Waals surface area contributed by atoms with Gasteiger partial charge in [0.15, 0.2) is 6.54 Å². The highest BCUT2D eigenvalue weighted by molar-refractivity contribution is 6.24. The molecule has 1 unspecified atom stereocenters. The molecule has 1 atom stereocenters. The smallest absolute Gasteiger partial charge is 0.266 e. The van der Waals surface area contributed by atoms with E-state index in [-0.39, 0.29) is 30.1 Å². The summed E-state index contributed by atoms with van der Waals surface area (Å²) in [6, 6.07) is 3.98. The number of rotatable bonds is 8. The van der Waals surface area contributed by atoms with E-state index in [2.05, 4.69) is 21.2 Å². The van der Waals surface area contributed by atoms with Crippen LogP contribution in [0.25, 0.3) is 0 Å². The number of benzene rings is 1. The molecule has 1 aromatic carbocycles. The third kappa shape index (κ3) is 5.13. The summed E-state index contributed by atoms with van der Waals surface area (Å²) in [4.78, 5) is 53.5. The zero-order chi connectivity index (χ0) is 25.9. The molecule has 2 aromatic rings. The van der Waals surface area contributed by atoms with Crippen molar-refractivity contribution in [2.45, 2.75) is 57.2 Å². The number of aromatic amines is 1. The third-order valence-corrected chi connectivity index (χ3v) is 7.23. The maximum Gasteiger partial charge on any atom is 0.266 e. The Morgan fingerprint density at radius 2 is 1.89 bits per heavy atom. The summed E-state index contributed by atoms with van der Waals surface area (Å²) in [6.45, 7) is 3.69. The third-order valence-electron chi connectivity index (χ3n) is 7.23. The number of H-pyrrole nitrogens is 1. The first-order chi connectivity index (χ1) is 17.9. The van der Waals surface area contributed by atoms with Gasteiger partial charge >= 0.3 is 0 Å². The van der Waals surface area contributed by atoms with Crippen molar-refractivity contribution in [1.29, 1.82) is 0 Å². The number of piperidine rings is 2. The topological polar surface area (TPSA) is 116 Å². The molecule has 4 amide bonds. The lowest BCUT2D eigenvalue weighted by molar-refractivity contribution is -0.750. The van der Waals surface area contributed by atoms with E-state index in [0.29, 0.717) is 5.75 Å². The summed E-state index contributed by atoms with van der Waals surface area (Å²) in [5.74, 6) is 0.898. The SMILES string of the molecule is C#Cc1c[nH][n+](CCCCN2CCC(Oc3cccc4c3C(=O)N(C3CCC(=O)NC3=O)C4=O)CC2)c1. The number of nitrogens with one attached hydrogen (secondary N) is 2. The average Bonchev–Trinajstić information content (AvgIpc) is 3.46. The number of terminal acetylenes is 1. The molecule has 1 aromatic heterocycles. The molecule has 0 radical (unpaired) electrons. The van der Waals surface area contributed by atoms with E-state index in [1.165, 1.54) is 0 Å². The molecule has 0 bridgehead atoms. The van der Waals surface area contributed by atoms with E-state index in [9.17, 15) is 19.2 Å². The normalized spacial score (nSPS) is 20.6. The second kappa shape index (κ2) is 10.6. The first-order valence-corrected chi connectivity index (χ1v) is 12.7. The van der Waals surface area contributed by atoms with Crippen molar-refractivity contribution in [2.75, 3.05) is 19.6 Å². The average molecular weight is 505 g/mol. The highest BCUT2D eigenvalue weighted by Gasteiger charge is 2.46. The second-order valence-corrected chi connectivity index (χ2v) is 9.69. The van der Waals surface area contributed by atoms with Gasteiger partial charge in [-0.05, 0) is 44.4 Å². The van der Waals surface area contributed by atoms with Gasteiger partial charge in [0, 0.05) is 25.9 Å². The van der Waals surface area contributed by atoms with Gasteiger partial charge in [0.2, 0.25) is 18.0 Å². The number of ether oxygens (including phenoxy) is 1. The van der Waals surface area contributed by atoms with Crippen molar-refractivity contribution in [1.82, 2.24) is 20.2 Å². The molecule has 10 nitrogen and oxygen atoms in total. The van der Waals surface area contributed by atoms with Gasteiger partial charge in [-0.2, -0.15) is 5.10 Å². The van der Waals surface area contributed by atoms with Gasteiger partial charge in [0.1, 0.15) is 23.5 Å². The second-order valence-electron chi connectivity index (χ2n) is 9.69. The van der Waals surface area contributed by atoms with Crippen LogP contribution in [0.2, 0.25) is 0 Å². The molecule has 0 aliphatic carbocycles. The molecule has 2 fully saturated rings. The molecule has 3 aliphatic heterocycles. The maximum atomic E-state index is 13.3. The minimum Gasteiger partial charge on any atom is -0.489 e. The molecule has 192 valence electrons. The number of fused-ring (bicyclic) bond motifs is 1. The Labute approximate surface area is 214 Å². The number of amides is 4. The number of unbranched alkanes of at least 4 members (excludes halogenated alkanes) is 1. The van der Waals surface area contributed by atoms with E-state index in [1.807, 2.05) is 17.1 Å². The first-order valence-electron chi connectivity index (χ1n) is 12.7. The van der Waals surface area contributed by atoms with Crippen LogP contribution in [0, 0.1) is 12.3 Å². The minimum absolute atomic E-state index is 0.0630. The van der Waals surface area contributed by atoms with Crippen LogP contribution in [0.5, 0.6) is 5.75 Å². The largest absolute Gasteiger partial charge is 0.489 e. The fourth-order valence-corrected chi connectivity index (χ4v) is 5.23. The van der Waals surface area contributed by atoms with Gasteiger partial charge in [-0.1, -0.05) is 12.0 Å². The Kier molecular flexibility index (Phi) is 7.06. The van der Waals surface area contributed by atoms with Crippen molar-refractivity contribution >= 4 is 23.6 Å². The lowest BCUT2D eigenvalue weighted by atomic mass is 10.0. The maximum absolute atomic E-state index is 13.3. The zero-order valence-electron chi connectivity index (χ0n) is 20.6. The lowest BCUT2D eigenvalue weighted by Gasteiger charge is -2.32. The standard InChI is InChI=1S/C27H29N5O5/c1-2-18-16-28-31(17-18)13-4-3-12-30-14-10-19(11-15-30)37-22-7-5-6-20-24(22)27(36)32(26(20)35)21-8-9-23(33)29-25(21)34/h1,5-7,16-17,19,21H,3-4,8-15H2,(H,29,33,34)/p+1. The van der Waals surface area contributed by atoms with Gasteiger partial charge in [0.25, 0.3) is 11.8 Å². The van der Waals surface area contributed by atoms with Gasteiger partial charge in [0.05, 0.1) is 17.3 Å². The fourth-order valence-electron chi connectivity index (χ4n) is 5.23. The van der Waals surface area contributed by atoms with Crippen LogP contribution in [-0.4, -0.2) is 70.3 Å². The molecule has 10 heteroatoms. The number of carbonyl (C=O) groups excluding carboxylic acids is 4. The number of aryl methyl sites for hydroxylation is 1. The van der Waals surface area contributed by atoms with Crippen molar-refractivity contribution in [3.8, 4) is 18.1 Å². The molecular formula is C27H30N5O5+. The first kappa shape index (κ1) is 24.7. The summed E-state index contributed by atoms with van der Waals surface area (Å²) in [7, 11) is 0. The summed E-state index contributed by atoms with van der Waals surface area (Å²) in [5.41, 5.74) is 1.29. The van der Waals surface area contributed by atoms with Gasteiger partial charge in [-0.25, -0.2) is 0 Å². The van der Waals surface area contributed by atoms with Crippen molar-refractivity contribution in [3.63, 3.8) is 0 Å². The Morgan fingerprint density at radius 1 is 1.08 bits per heavy atom. The molecule has 37 heavy (non-hydrogen) atoms. The van der Waals surface area contributed by atoms with Crippen LogP contribution < -0.4 is 14.7 Å². The highest BCUT2D eigenvalue weighted by Crippen LogP contribution is 2.34. The summed E-state index contributed by atoms with van der Waals surface area (Å²) in [5, 5.41) is 5.35. The summed E-state index contributed by atoms with van der Waals surface area (Å²) >= 11 is 0. The molecule has 3 aliphatic rings. The van der Waals surface area contributed by atoms with Crippen LogP contribution in [0.15, 0.2) is 30.6 Å². The molecule has 5 rings (SSSR count). The van der Waals surface area contributed by atoms with Crippen LogP contribution in [0.3, 0.4) is 0 Å². The van der Waals surface area contributed by atoms with E-state index in [4.69, 9.17) is 11.2 Å². The van der Waals surface area contributed by atoms with Crippen molar-refractivity contribution in [2.24, 2.45) is 0 Å². The molecule has 0 spiro atoms. The quantitative estimate of drug-likeness (QED) is 0.240. The molecule has 4 heterocycles. The van der Waals surface area contributed by atoms with Crippen LogP contribution in [0.1, 0.15) is 64.8 Å². The predicted octanol–water partition coefficient (Wildman–Crippen LogP) is 1.01. The molecule has 2 saturated heterocycles. The number of likely N-dealkylation sites (tertiary alicyclic amines) is 1. The monoisotopic (exact) mass is 504 g/mol. The number of imide groups is 2. The van der Waals surface area contributed by atoms with Crippen molar-refractivity contribution in [3.05, 3.63) is 47.3 Å². The van der Waals surface area contributed by atoms with Gasteiger partial charge in [-0.3, -0.25) is 29.4 Å². The fraction of sp³-hybridized carbons (Fsp3) is 0.444. The van der Waals surface area contributed by atoms with Crippen LogP contribution >= 0.6 is 0 Å². The van der Waals surface area contributed by atoms with E-state index >= 15 is 0 Å². The zero-order valence-corrected chi connectivity index (χ0v) is 20.6. The van der Waals surface area contributed by atoms with E-state index in [1.54, 1.807) is 18.2 Å². The highest BCUT2D eigenvalue weighted by atomic mass is 16.5. The molecular weight excluding hydrogens is 474 g/mol. The van der Waals surface area contributed by atoms with Crippen LogP contribution in [-0.2, 0) is 16.1 Å².